The first kappa shape index (κ1) is 14.9. The predicted octanol–water partition coefficient (Wildman–Crippen LogP) is 4.69. The van der Waals surface area contributed by atoms with Gasteiger partial charge in [0.1, 0.15) is 12.4 Å². The number of carboxylic acid groups (broad SMARTS) is 1. The summed E-state index contributed by atoms with van der Waals surface area (Å²) in [6, 6.07) is 10.4. The summed E-state index contributed by atoms with van der Waals surface area (Å²) in [7, 11) is 0. The van der Waals surface area contributed by atoms with Crippen molar-refractivity contribution in [3.8, 4) is 5.75 Å². The van der Waals surface area contributed by atoms with Crippen LogP contribution in [0.2, 0.25) is 5.02 Å². The Labute approximate surface area is 130 Å². The van der Waals surface area contributed by atoms with Gasteiger partial charge in [-0.25, -0.2) is 4.79 Å². The molecule has 0 saturated heterocycles. The molecular weight excluding hydrogens is 344 g/mol. The standard InChI is InChI=1S/C15H12BrClO3/c1-9-6-11(16)7-13(17)14(9)20-8-10-4-2-3-5-12(10)15(18)19/h2-7H,8H2,1H3,(H,18,19). The number of carboxylic acids is 1. The average molecular weight is 356 g/mol. The Balaban J connectivity index is 2.24. The second-order valence-electron chi connectivity index (χ2n) is 4.28. The molecule has 1 N–H and O–H groups in total. The number of hydrogen-bond acceptors (Lipinski definition) is 2. The number of aryl methyl sites for hydroxylation is 1. The summed E-state index contributed by atoms with van der Waals surface area (Å²) in [5, 5.41) is 9.61. The SMILES string of the molecule is Cc1cc(Br)cc(Cl)c1OCc1ccccc1C(=O)O. The molecule has 2 aromatic carbocycles. The van der Waals surface area contributed by atoms with Crippen LogP contribution in [0.15, 0.2) is 40.9 Å². The maximum Gasteiger partial charge on any atom is 0.336 e. The molecule has 2 aromatic rings. The third kappa shape index (κ3) is 3.32. The number of carbonyl (C=O) groups is 1. The lowest BCUT2D eigenvalue weighted by Gasteiger charge is -2.12. The van der Waals surface area contributed by atoms with Gasteiger partial charge in [-0.1, -0.05) is 45.7 Å². The fourth-order valence-corrected chi connectivity index (χ4v) is 2.90. The van der Waals surface area contributed by atoms with E-state index < -0.39 is 5.97 Å². The Morgan fingerprint density at radius 3 is 2.70 bits per heavy atom. The first-order chi connectivity index (χ1) is 9.49. The summed E-state index contributed by atoms with van der Waals surface area (Å²) in [6.45, 7) is 2.04. The van der Waals surface area contributed by atoms with Crippen LogP contribution in [-0.4, -0.2) is 11.1 Å². The minimum Gasteiger partial charge on any atom is -0.487 e. The van der Waals surface area contributed by atoms with Gasteiger partial charge >= 0.3 is 5.97 Å². The summed E-state index contributed by atoms with van der Waals surface area (Å²) in [5.74, 6) is -0.405. The molecule has 104 valence electrons. The first-order valence-corrected chi connectivity index (χ1v) is 7.06. The second-order valence-corrected chi connectivity index (χ2v) is 5.61. The molecule has 2 rings (SSSR count). The van der Waals surface area contributed by atoms with Crippen molar-refractivity contribution in [1.29, 1.82) is 0 Å². The third-order valence-corrected chi connectivity index (χ3v) is 3.55. The van der Waals surface area contributed by atoms with Crippen molar-refractivity contribution in [2.24, 2.45) is 0 Å². The Hall–Kier alpha value is -1.52. The maximum absolute atomic E-state index is 11.1. The molecule has 0 fully saturated rings. The smallest absolute Gasteiger partial charge is 0.336 e. The van der Waals surface area contributed by atoms with Gasteiger partial charge in [0.2, 0.25) is 0 Å². The first-order valence-electron chi connectivity index (χ1n) is 5.88. The minimum atomic E-state index is -0.970. The summed E-state index contributed by atoms with van der Waals surface area (Å²) < 4.78 is 6.56. The molecule has 0 saturated carbocycles. The lowest BCUT2D eigenvalue weighted by Crippen LogP contribution is -2.06. The Morgan fingerprint density at radius 2 is 2.05 bits per heavy atom. The van der Waals surface area contributed by atoms with Crippen LogP contribution >= 0.6 is 27.5 Å². The van der Waals surface area contributed by atoms with Crippen molar-refractivity contribution in [1.82, 2.24) is 0 Å². The molecule has 0 aliphatic carbocycles. The maximum atomic E-state index is 11.1. The van der Waals surface area contributed by atoms with E-state index in [1.165, 1.54) is 0 Å². The van der Waals surface area contributed by atoms with Gasteiger partial charge in [-0.15, -0.1) is 0 Å². The highest BCUT2D eigenvalue weighted by Crippen LogP contribution is 2.32. The highest BCUT2D eigenvalue weighted by atomic mass is 79.9. The van der Waals surface area contributed by atoms with E-state index in [2.05, 4.69) is 15.9 Å². The molecular formula is C15H12BrClO3. The topological polar surface area (TPSA) is 46.5 Å². The second kappa shape index (κ2) is 6.29. The van der Waals surface area contributed by atoms with Crippen LogP contribution in [0.1, 0.15) is 21.5 Å². The molecule has 0 amide bonds. The van der Waals surface area contributed by atoms with Gasteiger partial charge in [-0.2, -0.15) is 0 Å². The average Bonchev–Trinajstić information content (AvgIpc) is 2.37. The van der Waals surface area contributed by atoms with Gasteiger partial charge in [0, 0.05) is 10.0 Å². The summed E-state index contributed by atoms with van der Waals surface area (Å²) >= 11 is 9.49. The zero-order chi connectivity index (χ0) is 14.7. The van der Waals surface area contributed by atoms with Crippen LogP contribution in [0.5, 0.6) is 5.75 Å². The fraction of sp³-hybridized carbons (Fsp3) is 0.133. The fourth-order valence-electron chi connectivity index (χ4n) is 1.88. The molecule has 0 atom stereocenters. The number of ether oxygens (including phenoxy) is 1. The molecule has 0 aromatic heterocycles. The molecule has 0 aliphatic rings. The van der Waals surface area contributed by atoms with Crippen LogP contribution in [0.4, 0.5) is 0 Å². The van der Waals surface area contributed by atoms with Crippen molar-refractivity contribution in [3.05, 3.63) is 62.6 Å². The van der Waals surface area contributed by atoms with E-state index >= 15 is 0 Å². The summed E-state index contributed by atoms with van der Waals surface area (Å²) in [6.07, 6.45) is 0. The van der Waals surface area contributed by atoms with Crippen molar-refractivity contribution in [2.75, 3.05) is 0 Å². The zero-order valence-corrected chi connectivity index (χ0v) is 13.0. The van der Waals surface area contributed by atoms with Crippen molar-refractivity contribution in [2.45, 2.75) is 13.5 Å². The van der Waals surface area contributed by atoms with E-state index in [0.29, 0.717) is 16.3 Å². The largest absolute Gasteiger partial charge is 0.487 e. The number of rotatable bonds is 4. The molecule has 0 bridgehead atoms. The van der Waals surface area contributed by atoms with Gasteiger partial charge in [0.15, 0.2) is 0 Å². The monoisotopic (exact) mass is 354 g/mol. The molecule has 0 heterocycles. The van der Waals surface area contributed by atoms with Gasteiger partial charge in [-0.3, -0.25) is 0 Å². The van der Waals surface area contributed by atoms with Crippen molar-refractivity contribution < 1.29 is 14.6 Å². The quantitative estimate of drug-likeness (QED) is 0.865. The Morgan fingerprint density at radius 1 is 1.35 bits per heavy atom. The number of benzene rings is 2. The Bertz CT molecular complexity index is 632. The van der Waals surface area contributed by atoms with Crippen molar-refractivity contribution >= 4 is 33.5 Å². The Kier molecular flexibility index (Phi) is 4.68. The summed E-state index contributed by atoms with van der Waals surface area (Å²) in [4.78, 5) is 11.1. The van der Waals surface area contributed by atoms with Crippen LogP contribution < -0.4 is 4.74 Å². The summed E-state index contributed by atoms with van der Waals surface area (Å²) in [5.41, 5.74) is 1.73. The van der Waals surface area contributed by atoms with Gasteiger partial charge < -0.3 is 9.84 Å². The lowest BCUT2D eigenvalue weighted by atomic mass is 10.1. The van der Waals surface area contributed by atoms with Crippen LogP contribution in [-0.2, 0) is 6.61 Å². The molecule has 20 heavy (non-hydrogen) atoms. The lowest BCUT2D eigenvalue weighted by molar-refractivity contribution is 0.0694. The van der Waals surface area contributed by atoms with Gasteiger partial charge in [-0.05, 0) is 30.7 Å². The minimum absolute atomic E-state index is 0.157. The van der Waals surface area contributed by atoms with E-state index in [9.17, 15) is 4.79 Å². The molecule has 5 heteroatoms. The normalized spacial score (nSPS) is 10.3. The third-order valence-electron chi connectivity index (χ3n) is 2.81. The highest BCUT2D eigenvalue weighted by Gasteiger charge is 2.12. The number of halogens is 2. The molecule has 0 radical (unpaired) electrons. The number of aromatic carboxylic acids is 1. The van der Waals surface area contributed by atoms with E-state index in [0.717, 1.165) is 10.0 Å². The van der Waals surface area contributed by atoms with E-state index in [-0.39, 0.29) is 12.2 Å². The van der Waals surface area contributed by atoms with Gasteiger partial charge in [0.05, 0.1) is 10.6 Å². The zero-order valence-electron chi connectivity index (χ0n) is 10.7. The number of hydrogen-bond donors (Lipinski definition) is 1. The van der Waals surface area contributed by atoms with E-state index in [4.69, 9.17) is 21.4 Å². The molecule has 0 spiro atoms. The van der Waals surface area contributed by atoms with Crippen LogP contribution in [0.3, 0.4) is 0 Å². The van der Waals surface area contributed by atoms with E-state index in [1.807, 2.05) is 13.0 Å². The van der Waals surface area contributed by atoms with Gasteiger partial charge in [0.25, 0.3) is 0 Å². The highest BCUT2D eigenvalue weighted by molar-refractivity contribution is 9.10. The predicted molar refractivity (Wildman–Crippen MR) is 81.6 cm³/mol. The van der Waals surface area contributed by atoms with E-state index in [1.54, 1.807) is 30.3 Å². The molecule has 0 unspecified atom stereocenters. The van der Waals surface area contributed by atoms with Crippen LogP contribution in [0, 0.1) is 6.92 Å². The molecule has 3 nitrogen and oxygen atoms in total. The van der Waals surface area contributed by atoms with Crippen LogP contribution in [0.25, 0.3) is 0 Å². The molecule has 0 aliphatic heterocycles. The van der Waals surface area contributed by atoms with Crippen molar-refractivity contribution in [3.63, 3.8) is 0 Å².